The topological polar surface area (TPSA) is 96.2 Å². The maximum absolute atomic E-state index is 11.8. The number of amides is 1. The lowest BCUT2D eigenvalue weighted by Crippen LogP contribution is -2.55. The number of benzene rings is 2. The second kappa shape index (κ2) is 11.6. The molecular formula is C31H35ClN6O3. The zero-order chi connectivity index (χ0) is 28.5. The summed E-state index contributed by atoms with van der Waals surface area (Å²) >= 11 is 6.68. The predicted octanol–water partition coefficient (Wildman–Crippen LogP) is 5.01. The molecule has 214 valence electrons. The minimum Gasteiger partial charge on any atom is -0.476 e. The summed E-state index contributed by atoms with van der Waals surface area (Å²) in [5.41, 5.74) is 4.25. The van der Waals surface area contributed by atoms with Crippen molar-refractivity contribution in [2.24, 2.45) is 0 Å². The third kappa shape index (κ3) is 5.46. The van der Waals surface area contributed by atoms with Crippen molar-refractivity contribution in [2.45, 2.75) is 44.3 Å². The van der Waals surface area contributed by atoms with Gasteiger partial charge < -0.3 is 29.4 Å². The van der Waals surface area contributed by atoms with Gasteiger partial charge in [-0.25, -0.2) is 9.78 Å². The number of ether oxygens (including phenoxy) is 1. The van der Waals surface area contributed by atoms with Gasteiger partial charge in [0.25, 0.3) is 0 Å². The molecule has 1 amide bonds. The molecule has 10 heteroatoms. The van der Waals surface area contributed by atoms with Gasteiger partial charge in [-0.1, -0.05) is 35.9 Å². The zero-order valence-electron chi connectivity index (χ0n) is 23.3. The molecule has 3 aliphatic heterocycles. The van der Waals surface area contributed by atoms with E-state index in [1.807, 2.05) is 18.2 Å². The molecule has 9 nitrogen and oxygen atoms in total. The van der Waals surface area contributed by atoms with Gasteiger partial charge in [0.05, 0.1) is 35.8 Å². The molecule has 0 spiro atoms. The van der Waals surface area contributed by atoms with Crippen molar-refractivity contribution in [1.29, 1.82) is 5.26 Å². The Balaban J connectivity index is 1.34. The summed E-state index contributed by atoms with van der Waals surface area (Å²) in [6, 6.07) is 16.4. The molecule has 2 saturated heterocycles. The lowest BCUT2D eigenvalue weighted by molar-refractivity contribution is 0.119. The highest BCUT2D eigenvalue weighted by atomic mass is 35.5. The smallest absolute Gasteiger partial charge is 0.407 e. The van der Waals surface area contributed by atoms with E-state index >= 15 is 0 Å². The van der Waals surface area contributed by atoms with Crippen molar-refractivity contribution in [1.82, 2.24) is 14.8 Å². The van der Waals surface area contributed by atoms with E-state index in [-0.39, 0.29) is 12.5 Å². The number of pyridine rings is 1. The summed E-state index contributed by atoms with van der Waals surface area (Å²) in [5.74, 6) is 0.592. The van der Waals surface area contributed by atoms with Gasteiger partial charge in [-0.2, -0.15) is 5.26 Å². The number of hydrogen-bond donors (Lipinski definition) is 1. The highest BCUT2D eigenvalue weighted by molar-refractivity contribution is 6.36. The molecule has 1 N–H and O–H groups in total. The zero-order valence-corrected chi connectivity index (χ0v) is 24.1. The van der Waals surface area contributed by atoms with Crippen LogP contribution in [0.5, 0.6) is 5.88 Å². The average molecular weight is 575 g/mol. The molecule has 2 aromatic carbocycles. The molecule has 3 aromatic rings. The van der Waals surface area contributed by atoms with Crippen LogP contribution in [0.4, 0.5) is 16.2 Å². The number of nitrogens with zero attached hydrogens (tertiary/aromatic N) is 6. The van der Waals surface area contributed by atoms with Gasteiger partial charge in [0.1, 0.15) is 6.61 Å². The molecule has 0 bridgehead atoms. The van der Waals surface area contributed by atoms with E-state index in [4.69, 9.17) is 21.3 Å². The standard InChI is InChI=1S/C31H35ClN6O3/c1-35-13-4-7-23(35)20-41-29-17-28(37-15-16-38(31(39)40)22(18-37)10-12-33)24-11-14-36(19-26(24)34-29)27-9-3-6-21-5-2-8-25(32)30(21)27/h2-3,5-6,8-9,17,22-23H,4,7,10-11,13-16,18-20H2,1H3,(H,39,40)/t22-,23-/m0/s1. The van der Waals surface area contributed by atoms with Crippen molar-refractivity contribution in [2.75, 3.05) is 56.2 Å². The van der Waals surface area contributed by atoms with Gasteiger partial charge in [-0.05, 0) is 50.4 Å². The van der Waals surface area contributed by atoms with Crippen LogP contribution in [0.1, 0.15) is 30.5 Å². The van der Waals surface area contributed by atoms with Crippen LogP contribution < -0.4 is 14.5 Å². The molecule has 0 saturated carbocycles. The fourth-order valence-corrected chi connectivity index (χ4v) is 6.85. The Morgan fingerprint density at radius 1 is 1.12 bits per heavy atom. The summed E-state index contributed by atoms with van der Waals surface area (Å²) in [4.78, 5) is 25.2. The van der Waals surface area contributed by atoms with Crippen LogP contribution in [0.15, 0.2) is 42.5 Å². The van der Waals surface area contributed by atoms with Crippen LogP contribution >= 0.6 is 11.6 Å². The van der Waals surface area contributed by atoms with Crippen molar-refractivity contribution in [3.8, 4) is 11.9 Å². The molecule has 4 heterocycles. The quantitative estimate of drug-likeness (QED) is 0.439. The Hall–Kier alpha value is -3.74. The van der Waals surface area contributed by atoms with Crippen molar-refractivity contribution in [3.63, 3.8) is 0 Å². The number of likely N-dealkylation sites (N-methyl/N-ethyl adjacent to an activating group) is 1. The van der Waals surface area contributed by atoms with Crippen LogP contribution in [0.3, 0.4) is 0 Å². The Morgan fingerprint density at radius 2 is 1.95 bits per heavy atom. The fraction of sp³-hybridized carbons (Fsp3) is 0.452. The monoisotopic (exact) mass is 574 g/mol. The Labute approximate surface area is 245 Å². The molecule has 0 radical (unpaired) electrons. The third-order valence-corrected chi connectivity index (χ3v) is 9.11. The SMILES string of the molecule is CN1CCC[C@H]1COc1cc(N2CCN(C(=O)O)[C@@H](CC#N)C2)c2c(n1)CN(c1cccc3cccc(Cl)c13)CC2. The maximum Gasteiger partial charge on any atom is 0.407 e. The molecule has 2 atom stereocenters. The lowest BCUT2D eigenvalue weighted by Gasteiger charge is -2.42. The molecule has 2 fully saturated rings. The van der Waals surface area contributed by atoms with Gasteiger partial charge in [0, 0.05) is 60.6 Å². The summed E-state index contributed by atoms with van der Waals surface area (Å²) in [7, 11) is 2.14. The highest BCUT2D eigenvalue weighted by Gasteiger charge is 2.33. The Bertz CT molecular complexity index is 1490. The van der Waals surface area contributed by atoms with Crippen molar-refractivity contribution < 1.29 is 14.6 Å². The largest absolute Gasteiger partial charge is 0.476 e. The van der Waals surface area contributed by atoms with Crippen LogP contribution in [0.25, 0.3) is 10.8 Å². The van der Waals surface area contributed by atoms with Crippen molar-refractivity contribution >= 4 is 39.8 Å². The minimum atomic E-state index is -0.976. The van der Waals surface area contributed by atoms with Crippen molar-refractivity contribution in [3.05, 3.63) is 58.7 Å². The van der Waals surface area contributed by atoms with E-state index in [2.05, 4.69) is 52.1 Å². The normalized spacial score (nSPS) is 21.1. The number of rotatable bonds is 6. The number of piperazine rings is 1. The summed E-state index contributed by atoms with van der Waals surface area (Å²) in [5, 5.41) is 22.0. The second-order valence-corrected chi connectivity index (χ2v) is 11.6. The summed E-state index contributed by atoms with van der Waals surface area (Å²) < 4.78 is 6.35. The van der Waals surface area contributed by atoms with Gasteiger partial charge in [0.2, 0.25) is 5.88 Å². The summed E-state index contributed by atoms with van der Waals surface area (Å²) in [6.07, 6.45) is 2.24. The first-order chi connectivity index (χ1) is 19.9. The highest BCUT2D eigenvalue weighted by Crippen LogP contribution is 2.38. The van der Waals surface area contributed by atoms with E-state index in [1.165, 1.54) is 11.3 Å². The first-order valence-electron chi connectivity index (χ1n) is 14.3. The first-order valence-corrected chi connectivity index (χ1v) is 14.7. The summed E-state index contributed by atoms with van der Waals surface area (Å²) in [6.45, 7) is 4.44. The van der Waals surface area contributed by atoms with E-state index in [1.54, 1.807) is 0 Å². The number of anilines is 2. The molecule has 6 rings (SSSR count). The Kier molecular flexibility index (Phi) is 7.78. The molecule has 0 unspecified atom stereocenters. The lowest BCUT2D eigenvalue weighted by atomic mass is 9.99. The number of nitriles is 1. The molecular weight excluding hydrogens is 540 g/mol. The van der Waals surface area contributed by atoms with E-state index < -0.39 is 6.09 Å². The van der Waals surface area contributed by atoms with Gasteiger partial charge >= 0.3 is 6.09 Å². The number of likely N-dealkylation sites (tertiary alicyclic amines) is 1. The van der Waals surface area contributed by atoms with E-state index in [0.29, 0.717) is 44.7 Å². The number of fused-ring (bicyclic) bond motifs is 2. The Morgan fingerprint density at radius 3 is 2.71 bits per heavy atom. The molecule has 3 aliphatic rings. The number of carboxylic acid groups (broad SMARTS) is 1. The number of aromatic nitrogens is 1. The number of carbonyl (C=O) groups is 1. The third-order valence-electron chi connectivity index (χ3n) is 8.80. The van der Waals surface area contributed by atoms with Crippen LogP contribution in [-0.4, -0.2) is 84.4 Å². The number of halogens is 1. The van der Waals surface area contributed by atoms with E-state index in [9.17, 15) is 15.2 Å². The van der Waals surface area contributed by atoms with Crippen LogP contribution in [-0.2, 0) is 13.0 Å². The maximum atomic E-state index is 11.8. The molecule has 0 aliphatic carbocycles. The number of hydrogen-bond acceptors (Lipinski definition) is 7. The van der Waals surface area contributed by atoms with Gasteiger partial charge in [-0.15, -0.1) is 0 Å². The first kappa shape index (κ1) is 27.4. The molecule has 1 aromatic heterocycles. The van der Waals surface area contributed by atoms with Gasteiger partial charge in [-0.3, -0.25) is 0 Å². The minimum absolute atomic E-state index is 0.156. The van der Waals surface area contributed by atoms with Crippen LogP contribution in [0.2, 0.25) is 5.02 Å². The van der Waals surface area contributed by atoms with E-state index in [0.717, 1.165) is 64.4 Å². The second-order valence-electron chi connectivity index (χ2n) is 11.2. The fourth-order valence-electron chi connectivity index (χ4n) is 6.57. The van der Waals surface area contributed by atoms with Crippen LogP contribution in [0, 0.1) is 11.3 Å². The van der Waals surface area contributed by atoms with Gasteiger partial charge in [0.15, 0.2) is 0 Å². The molecule has 41 heavy (non-hydrogen) atoms. The predicted molar refractivity (Wildman–Crippen MR) is 160 cm³/mol. The average Bonchev–Trinajstić information content (AvgIpc) is 3.39.